The van der Waals surface area contributed by atoms with Gasteiger partial charge in [0, 0.05) is 52.4 Å². The Bertz CT molecular complexity index is 1080. The number of hydrogen-bond acceptors (Lipinski definition) is 18. The number of hydrogen-bond donors (Lipinski definition) is 16. The molecular weight excluding hydrogens is 728 g/mol. The van der Waals surface area contributed by atoms with Crippen LogP contribution in [0.15, 0.2) is 0 Å². The minimum atomic E-state index is -2.19. The largest absolute Gasteiger partial charge is 0.444 e. The smallest absolute Gasteiger partial charge is 0.407 e. The van der Waals surface area contributed by atoms with Gasteiger partial charge in [-0.15, -0.1) is 0 Å². The lowest BCUT2D eigenvalue weighted by molar-refractivity contribution is -0.155. The lowest BCUT2D eigenvalue weighted by atomic mass is 10.0. The maximum atomic E-state index is 11.9. The van der Waals surface area contributed by atoms with Crippen molar-refractivity contribution >= 4 is 35.8 Å². The number of nitrogens with two attached hydrogens (primary N) is 2. The lowest BCUT2D eigenvalue weighted by Gasteiger charge is -2.25. The fourth-order valence-electron chi connectivity index (χ4n) is 3.51. The van der Waals surface area contributed by atoms with Gasteiger partial charge in [-0.3, -0.25) is 19.2 Å². The predicted octanol–water partition coefficient (Wildman–Crippen LogP) is -7.71. The zero-order valence-electron chi connectivity index (χ0n) is 31.3. The maximum absolute atomic E-state index is 11.9. The van der Waals surface area contributed by atoms with E-state index < -0.39 is 95.8 Å². The normalized spacial score (nSPS) is 15.9. The summed E-state index contributed by atoms with van der Waals surface area (Å²) in [6.07, 6.45) is -18.2. The van der Waals surface area contributed by atoms with Gasteiger partial charge in [0.25, 0.3) is 23.6 Å². The molecule has 316 valence electrons. The average Bonchev–Trinajstić information content (AvgIpc) is 3.08. The molecule has 0 saturated carbocycles. The highest BCUT2D eigenvalue weighted by molar-refractivity contribution is 5.84. The maximum Gasteiger partial charge on any atom is 0.407 e. The molecule has 0 radical (unpaired) electrons. The van der Waals surface area contributed by atoms with E-state index in [1.807, 2.05) is 0 Å². The van der Waals surface area contributed by atoms with Gasteiger partial charge in [0.15, 0.2) is 24.4 Å². The molecule has 0 bridgehead atoms. The van der Waals surface area contributed by atoms with E-state index in [-0.39, 0.29) is 52.4 Å². The predicted molar refractivity (Wildman–Crippen MR) is 187 cm³/mol. The van der Waals surface area contributed by atoms with Crippen molar-refractivity contribution < 1.29 is 79.1 Å². The standard InChI is InChI=1S/C20H38N4O10.C10H22N4O6/c1-19(2,3)33-17(31)23-9-7-21-15(29)13(27)11(25)12(26)14(28)16(30)22-8-10-24-18(32)34-20(4,5)6;11-1-3-13-9(19)7(17)5(15)6(16)8(18)10(20)14-4-2-12/h11-14,25-28H,7-10H2,1-6H3,(H,21,29)(H,22,30)(H,23,31)(H,24,32);5-8,15-18H,1-4,11-12H2,(H,13,19)(H,14,20)/t11-,12+,13+,14-;5-,6+,7+,8-. The highest BCUT2D eigenvalue weighted by Gasteiger charge is 2.38. The number of aliphatic hydroxyl groups is 8. The molecule has 0 unspecified atom stereocenters. The van der Waals surface area contributed by atoms with Crippen molar-refractivity contribution in [2.75, 3.05) is 52.4 Å². The summed E-state index contributed by atoms with van der Waals surface area (Å²) < 4.78 is 10.00. The molecule has 0 aromatic heterocycles. The Morgan fingerprint density at radius 1 is 0.426 bits per heavy atom. The zero-order valence-corrected chi connectivity index (χ0v) is 31.3. The molecule has 6 amide bonds. The first-order chi connectivity index (χ1) is 24.8. The molecule has 0 aromatic carbocycles. The van der Waals surface area contributed by atoms with Crippen LogP contribution in [0.5, 0.6) is 0 Å². The third kappa shape index (κ3) is 22.9. The van der Waals surface area contributed by atoms with Gasteiger partial charge in [-0.05, 0) is 41.5 Å². The van der Waals surface area contributed by atoms with Gasteiger partial charge in [0.2, 0.25) is 0 Å². The van der Waals surface area contributed by atoms with Crippen LogP contribution in [0, 0.1) is 0 Å². The summed E-state index contributed by atoms with van der Waals surface area (Å²) in [6.45, 7) is 10.1. The number of rotatable bonds is 20. The molecule has 0 aliphatic rings. The molecule has 24 heteroatoms. The number of aliphatic hydroxyl groups excluding tert-OH is 8. The van der Waals surface area contributed by atoms with Crippen LogP contribution in [0.25, 0.3) is 0 Å². The van der Waals surface area contributed by atoms with Crippen LogP contribution in [0.3, 0.4) is 0 Å². The Balaban J connectivity index is 0. The van der Waals surface area contributed by atoms with E-state index >= 15 is 0 Å². The van der Waals surface area contributed by atoms with E-state index in [2.05, 4.69) is 31.9 Å². The Hall–Kier alpha value is -3.98. The minimum Gasteiger partial charge on any atom is -0.444 e. The van der Waals surface area contributed by atoms with Crippen molar-refractivity contribution in [3.8, 4) is 0 Å². The summed E-state index contributed by atoms with van der Waals surface area (Å²) in [4.78, 5) is 69.5. The van der Waals surface area contributed by atoms with Crippen LogP contribution in [-0.4, -0.2) is 189 Å². The van der Waals surface area contributed by atoms with Gasteiger partial charge in [-0.25, -0.2) is 9.59 Å². The Morgan fingerprint density at radius 2 is 0.630 bits per heavy atom. The number of nitrogens with one attached hydrogen (secondary N) is 6. The molecule has 18 N–H and O–H groups in total. The van der Waals surface area contributed by atoms with Gasteiger partial charge in [0.1, 0.15) is 35.6 Å². The lowest BCUT2D eigenvalue weighted by Crippen LogP contribution is -2.55. The first-order valence-electron chi connectivity index (χ1n) is 16.7. The van der Waals surface area contributed by atoms with Crippen LogP contribution in [0.1, 0.15) is 41.5 Å². The summed E-state index contributed by atoms with van der Waals surface area (Å²) in [5.41, 5.74) is 8.87. The van der Waals surface area contributed by atoms with Gasteiger partial charge in [-0.2, -0.15) is 0 Å². The molecule has 0 heterocycles. The molecule has 8 atom stereocenters. The topological polar surface area (TPSA) is 407 Å². The number of carbonyl (C=O) groups is 6. The summed E-state index contributed by atoms with van der Waals surface area (Å²) in [7, 11) is 0. The molecule has 0 rings (SSSR count). The molecule has 0 aromatic rings. The second-order valence-corrected chi connectivity index (χ2v) is 13.3. The third-order valence-corrected chi connectivity index (χ3v) is 6.14. The third-order valence-electron chi connectivity index (χ3n) is 6.14. The van der Waals surface area contributed by atoms with Crippen molar-refractivity contribution in [3.63, 3.8) is 0 Å². The summed E-state index contributed by atoms with van der Waals surface area (Å²) in [5.74, 6) is -4.16. The van der Waals surface area contributed by atoms with Gasteiger partial charge >= 0.3 is 12.2 Å². The quantitative estimate of drug-likeness (QED) is 0.0509. The van der Waals surface area contributed by atoms with Gasteiger partial charge in [0.05, 0.1) is 0 Å². The SMILES string of the molecule is CC(C)(C)OC(=O)NCCNC(=O)[C@@H](O)[C@H](O)[C@H](O)[C@@H](O)C(=O)NCCNC(=O)OC(C)(C)C.NCCNC(=O)[C@@H](O)[C@H](O)[C@H](O)[C@@H](O)C(=O)NCCN. The van der Waals surface area contributed by atoms with Crippen molar-refractivity contribution in [3.05, 3.63) is 0 Å². The highest BCUT2D eigenvalue weighted by Crippen LogP contribution is 2.09. The molecule has 0 aliphatic carbocycles. The van der Waals surface area contributed by atoms with E-state index in [0.717, 1.165) is 0 Å². The van der Waals surface area contributed by atoms with Crippen LogP contribution >= 0.6 is 0 Å². The van der Waals surface area contributed by atoms with E-state index in [4.69, 9.17) is 20.9 Å². The summed E-state index contributed by atoms with van der Waals surface area (Å²) in [6, 6.07) is 0. The Kier molecular flexibility index (Phi) is 25.0. The molecule has 54 heavy (non-hydrogen) atoms. The van der Waals surface area contributed by atoms with E-state index in [1.54, 1.807) is 41.5 Å². The molecule has 0 fully saturated rings. The van der Waals surface area contributed by atoms with Gasteiger partial charge in [-0.1, -0.05) is 0 Å². The number of ether oxygens (including phenoxy) is 2. The molecule has 24 nitrogen and oxygen atoms in total. The van der Waals surface area contributed by atoms with E-state index in [1.165, 1.54) is 0 Å². The second-order valence-electron chi connectivity index (χ2n) is 13.3. The molecule has 0 spiro atoms. The molecule has 0 aliphatic heterocycles. The summed E-state index contributed by atoms with van der Waals surface area (Å²) >= 11 is 0. The molecule has 0 saturated heterocycles. The van der Waals surface area contributed by atoms with Crippen molar-refractivity contribution in [2.45, 2.75) is 102 Å². The molecular formula is C30H60N8O16. The van der Waals surface area contributed by atoms with Crippen molar-refractivity contribution in [2.24, 2.45) is 11.5 Å². The van der Waals surface area contributed by atoms with E-state index in [0.29, 0.717) is 0 Å². The Labute approximate surface area is 312 Å². The number of carbonyl (C=O) groups excluding carboxylic acids is 6. The average molecular weight is 789 g/mol. The van der Waals surface area contributed by atoms with E-state index in [9.17, 15) is 69.6 Å². The van der Waals surface area contributed by atoms with Crippen LogP contribution in [0.4, 0.5) is 9.59 Å². The van der Waals surface area contributed by atoms with Gasteiger partial charge < -0.3 is 93.7 Å². The highest BCUT2D eigenvalue weighted by atomic mass is 16.6. The Morgan fingerprint density at radius 3 is 0.833 bits per heavy atom. The summed E-state index contributed by atoms with van der Waals surface area (Å²) in [5, 5.41) is 91.2. The first-order valence-corrected chi connectivity index (χ1v) is 16.7. The monoisotopic (exact) mass is 788 g/mol. The fourth-order valence-corrected chi connectivity index (χ4v) is 3.51. The van der Waals surface area contributed by atoms with Crippen LogP contribution in [0.2, 0.25) is 0 Å². The van der Waals surface area contributed by atoms with Crippen molar-refractivity contribution in [1.82, 2.24) is 31.9 Å². The second kappa shape index (κ2) is 25.9. The zero-order chi connectivity index (χ0) is 42.4. The number of alkyl carbamates (subject to hydrolysis) is 2. The fraction of sp³-hybridized carbons (Fsp3) is 0.800. The van der Waals surface area contributed by atoms with Crippen LogP contribution < -0.4 is 43.4 Å². The number of amides is 6. The van der Waals surface area contributed by atoms with Crippen molar-refractivity contribution in [1.29, 1.82) is 0 Å². The van der Waals surface area contributed by atoms with Crippen LogP contribution in [-0.2, 0) is 28.7 Å². The first kappa shape index (κ1) is 52.1. The minimum absolute atomic E-state index is 0.0472.